The first-order chi connectivity index (χ1) is 12.6. The van der Waals surface area contributed by atoms with Crippen LogP contribution in [0.5, 0.6) is 5.75 Å². The van der Waals surface area contributed by atoms with E-state index in [9.17, 15) is 4.79 Å². The largest absolute Gasteiger partial charge is 0.487 e. The summed E-state index contributed by atoms with van der Waals surface area (Å²) < 4.78 is 7.45. The van der Waals surface area contributed by atoms with Crippen LogP contribution in [0.2, 0.25) is 0 Å². The number of hydrogen-bond donors (Lipinski definition) is 1. The summed E-state index contributed by atoms with van der Waals surface area (Å²) in [4.78, 5) is 12.7. The molecule has 1 aliphatic carbocycles. The monoisotopic (exact) mass is 413 g/mol. The van der Waals surface area contributed by atoms with E-state index in [1.807, 2.05) is 42.5 Å². The van der Waals surface area contributed by atoms with Gasteiger partial charge in [-0.05, 0) is 49.4 Å². The Kier molecular flexibility index (Phi) is 5.03. The van der Waals surface area contributed by atoms with Crippen LogP contribution in [0.4, 0.5) is 0 Å². The molecule has 1 saturated carbocycles. The molecule has 1 aliphatic heterocycles. The third kappa shape index (κ3) is 3.80. The first kappa shape index (κ1) is 17.6. The summed E-state index contributed by atoms with van der Waals surface area (Å²) in [7, 11) is 0. The lowest BCUT2D eigenvalue weighted by molar-refractivity contribution is -0.122. The Balaban J connectivity index is 1.53. The normalized spacial score (nSPS) is 20.9. The number of halogens is 1. The van der Waals surface area contributed by atoms with Gasteiger partial charge >= 0.3 is 0 Å². The maximum atomic E-state index is 12.7. The van der Waals surface area contributed by atoms with E-state index in [0.29, 0.717) is 6.42 Å². The summed E-state index contributed by atoms with van der Waals surface area (Å²) in [5.41, 5.74) is 2.01. The van der Waals surface area contributed by atoms with E-state index >= 15 is 0 Å². The van der Waals surface area contributed by atoms with E-state index in [-0.39, 0.29) is 17.6 Å². The summed E-state index contributed by atoms with van der Waals surface area (Å²) in [5.74, 6) is 1.00. The van der Waals surface area contributed by atoms with Crippen molar-refractivity contribution in [2.45, 2.75) is 56.6 Å². The molecule has 3 nitrogen and oxygen atoms in total. The molecule has 0 radical (unpaired) electrons. The predicted molar refractivity (Wildman–Crippen MR) is 106 cm³/mol. The highest BCUT2D eigenvalue weighted by Crippen LogP contribution is 2.46. The van der Waals surface area contributed by atoms with Gasteiger partial charge in [0.15, 0.2) is 0 Å². The Morgan fingerprint density at radius 1 is 1.12 bits per heavy atom. The first-order valence-electron chi connectivity index (χ1n) is 9.45. The van der Waals surface area contributed by atoms with Crippen molar-refractivity contribution in [2.24, 2.45) is 0 Å². The van der Waals surface area contributed by atoms with Gasteiger partial charge in [-0.15, -0.1) is 0 Å². The molecule has 4 heteroatoms. The topological polar surface area (TPSA) is 38.3 Å². The number of carbonyl (C=O) groups is 1. The molecule has 2 aliphatic rings. The molecular weight excluding hydrogens is 390 g/mol. The van der Waals surface area contributed by atoms with E-state index < -0.39 is 0 Å². The van der Waals surface area contributed by atoms with Crippen LogP contribution in [-0.2, 0) is 11.2 Å². The molecule has 1 amide bonds. The van der Waals surface area contributed by atoms with Crippen LogP contribution >= 0.6 is 15.9 Å². The van der Waals surface area contributed by atoms with Crippen molar-refractivity contribution >= 4 is 21.8 Å². The SMILES string of the molecule is O=C(Cc1cccc(Br)c1)NC1CC2(CCCCC2)Oc2ccccc21. The van der Waals surface area contributed by atoms with Gasteiger partial charge in [-0.2, -0.15) is 0 Å². The molecule has 26 heavy (non-hydrogen) atoms. The number of carbonyl (C=O) groups excluding carboxylic acids is 1. The van der Waals surface area contributed by atoms with E-state index in [1.54, 1.807) is 0 Å². The number of benzene rings is 2. The second kappa shape index (κ2) is 7.43. The summed E-state index contributed by atoms with van der Waals surface area (Å²) >= 11 is 3.47. The van der Waals surface area contributed by atoms with Crippen molar-refractivity contribution < 1.29 is 9.53 Å². The molecule has 0 saturated heterocycles. The van der Waals surface area contributed by atoms with E-state index in [0.717, 1.165) is 40.6 Å². The highest BCUT2D eigenvalue weighted by Gasteiger charge is 2.42. The van der Waals surface area contributed by atoms with Crippen LogP contribution in [0, 0.1) is 0 Å². The first-order valence-corrected chi connectivity index (χ1v) is 10.2. The number of nitrogens with one attached hydrogen (secondary N) is 1. The van der Waals surface area contributed by atoms with Gasteiger partial charge in [0, 0.05) is 16.5 Å². The van der Waals surface area contributed by atoms with Gasteiger partial charge in [-0.3, -0.25) is 4.79 Å². The minimum absolute atomic E-state index is 0.0257. The third-order valence-electron chi connectivity index (χ3n) is 5.55. The molecule has 1 atom stereocenters. The minimum atomic E-state index is -0.111. The van der Waals surface area contributed by atoms with Gasteiger partial charge in [0.1, 0.15) is 11.4 Å². The Hall–Kier alpha value is -1.81. The van der Waals surface area contributed by atoms with Gasteiger partial charge in [0.05, 0.1) is 12.5 Å². The lowest BCUT2D eigenvalue weighted by Gasteiger charge is -2.44. The zero-order valence-electron chi connectivity index (χ0n) is 14.8. The van der Waals surface area contributed by atoms with Crippen LogP contribution in [0.15, 0.2) is 53.0 Å². The Morgan fingerprint density at radius 2 is 1.92 bits per heavy atom. The molecule has 1 heterocycles. The average Bonchev–Trinajstić information content (AvgIpc) is 2.62. The quantitative estimate of drug-likeness (QED) is 0.737. The number of para-hydroxylation sites is 1. The number of rotatable bonds is 3. The second-order valence-electron chi connectivity index (χ2n) is 7.51. The molecule has 4 rings (SSSR count). The maximum Gasteiger partial charge on any atom is 0.224 e. The highest BCUT2D eigenvalue weighted by atomic mass is 79.9. The molecule has 1 unspecified atom stereocenters. The predicted octanol–water partition coefficient (Wildman–Crippen LogP) is 5.33. The molecule has 1 N–H and O–H groups in total. The van der Waals surface area contributed by atoms with Crippen LogP contribution in [-0.4, -0.2) is 11.5 Å². The molecule has 1 fully saturated rings. The fourth-order valence-corrected chi connectivity index (χ4v) is 4.77. The van der Waals surface area contributed by atoms with Crippen molar-refractivity contribution in [3.05, 3.63) is 64.1 Å². The Bertz CT molecular complexity index is 798. The average molecular weight is 414 g/mol. The Morgan fingerprint density at radius 3 is 2.73 bits per heavy atom. The molecule has 0 aromatic heterocycles. The summed E-state index contributed by atoms with van der Waals surface area (Å²) in [6, 6.07) is 16.1. The van der Waals surface area contributed by atoms with Crippen molar-refractivity contribution in [3.63, 3.8) is 0 Å². The standard InChI is InChI=1S/C22H24BrNO2/c23-17-8-6-7-16(13-17)14-21(25)24-19-15-22(11-4-1-5-12-22)26-20-10-3-2-9-18(19)20/h2-3,6-10,13,19H,1,4-5,11-12,14-15H2,(H,24,25). The van der Waals surface area contributed by atoms with Crippen molar-refractivity contribution in [3.8, 4) is 5.75 Å². The molecule has 2 aromatic rings. The van der Waals surface area contributed by atoms with E-state index in [4.69, 9.17) is 4.74 Å². The van der Waals surface area contributed by atoms with Crippen LogP contribution in [0.3, 0.4) is 0 Å². The molecule has 136 valence electrons. The van der Waals surface area contributed by atoms with Crippen molar-refractivity contribution in [1.29, 1.82) is 0 Å². The summed E-state index contributed by atoms with van der Waals surface area (Å²) in [6.07, 6.45) is 7.13. The fraction of sp³-hybridized carbons (Fsp3) is 0.409. The smallest absolute Gasteiger partial charge is 0.224 e. The second-order valence-corrected chi connectivity index (χ2v) is 8.43. The fourth-order valence-electron chi connectivity index (χ4n) is 4.33. The Labute approximate surface area is 163 Å². The van der Waals surface area contributed by atoms with Crippen LogP contribution < -0.4 is 10.1 Å². The van der Waals surface area contributed by atoms with Crippen molar-refractivity contribution in [2.75, 3.05) is 0 Å². The molecular formula is C22H24BrNO2. The molecule has 2 aromatic carbocycles. The number of hydrogen-bond acceptors (Lipinski definition) is 2. The van der Waals surface area contributed by atoms with Gasteiger partial charge in [0.25, 0.3) is 0 Å². The zero-order valence-corrected chi connectivity index (χ0v) is 16.4. The molecule has 0 bridgehead atoms. The lowest BCUT2D eigenvalue weighted by Crippen LogP contribution is -2.46. The van der Waals surface area contributed by atoms with Crippen LogP contribution in [0.1, 0.15) is 55.7 Å². The minimum Gasteiger partial charge on any atom is -0.487 e. The third-order valence-corrected chi connectivity index (χ3v) is 6.04. The number of ether oxygens (including phenoxy) is 1. The molecule has 1 spiro atoms. The van der Waals surface area contributed by atoms with Gasteiger partial charge in [-0.1, -0.05) is 52.7 Å². The van der Waals surface area contributed by atoms with Crippen LogP contribution in [0.25, 0.3) is 0 Å². The lowest BCUT2D eigenvalue weighted by atomic mass is 9.77. The van der Waals surface area contributed by atoms with Gasteiger partial charge in [0.2, 0.25) is 5.91 Å². The van der Waals surface area contributed by atoms with Gasteiger partial charge < -0.3 is 10.1 Å². The van der Waals surface area contributed by atoms with Gasteiger partial charge in [-0.25, -0.2) is 0 Å². The number of amides is 1. The van der Waals surface area contributed by atoms with E-state index in [1.165, 1.54) is 19.3 Å². The highest BCUT2D eigenvalue weighted by molar-refractivity contribution is 9.10. The summed E-state index contributed by atoms with van der Waals surface area (Å²) in [5, 5.41) is 3.28. The zero-order chi connectivity index (χ0) is 18.0. The van der Waals surface area contributed by atoms with Crippen molar-refractivity contribution in [1.82, 2.24) is 5.32 Å². The number of fused-ring (bicyclic) bond motifs is 1. The summed E-state index contributed by atoms with van der Waals surface area (Å²) in [6.45, 7) is 0. The maximum absolute atomic E-state index is 12.7. The van der Waals surface area contributed by atoms with E-state index in [2.05, 4.69) is 27.3 Å².